The molecule has 0 saturated carbocycles. The maximum absolute atomic E-state index is 11.7. The largest absolute Gasteiger partial charge is 0.454 e. The van der Waals surface area contributed by atoms with Crippen LogP contribution in [0.4, 0.5) is 5.69 Å². The first-order valence-electron chi connectivity index (χ1n) is 7.23. The van der Waals surface area contributed by atoms with Crippen LogP contribution in [0.5, 0.6) is 11.5 Å². The Labute approximate surface area is 147 Å². The first-order valence-corrected chi connectivity index (χ1v) is 7.23. The van der Waals surface area contributed by atoms with Crippen LogP contribution in [0, 0.1) is 32.8 Å². The van der Waals surface area contributed by atoms with Crippen LogP contribution in [0.15, 0.2) is 18.2 Å². The lowest BCUT2D eigenvalue weighted by Gasteiger charge is -2.06. The number of nitro benzene ring substituents is 1. The number of fused-ring (bicyclic) bond motifs is 1. The lowest BCUT2D eigenvalue weighted by atomic mass is 10.0. The third-order valence-corrected chi connectivity index (χ3v) is 3.36. The second kappa shape index (κ2) is 7.89. The van der Waals surface area contributed by atoms with E-state index in [9.17, 15) is 19.7 Å². The minimum absolute atomic E-state index is 0.0592. The number of nitro groups is 1. The van der Waals surface area contributed by atoms with Crippen LogP contribution in [0.2, 0.25) is 0 Å². The molecule has 0 aromatic heterocycles. The molecule has 1 N–H and O–H groups in total. The van der Waals surface area contributed by atoms with Crippen molar-refractivity contribution >= 4 is 29.2 Å². The normalized spacial score (nSPS) is 13.1. The average Bonchev–Trinajstić information content (AvgIpc) is 3.04. The molecule has 134 valence electrons. The molecule has 2 rings (SSSR count). The van der Waals surface area contributed by atoms with Gasteiger partial charge in [-0.05, 0) is 19.1 Å². The van der Waals surface area contributed by atoms with Gasteiger partial charge < -0.3 is 19.6 Å². The van der Waals surface area contributed by atoms with Gasteiger partial charge in [0.1, 0.15) is 5.92 Å². The predicted octanol–water partition coefficient (Wildman–Crippen LogP) is 1.63. The number of benzene rings is 1. The smallest absolute Gasteiger partial charge is 0.331 e. The topological polar surface area (TPSA) is 153 Å². The molecular formula is C16H13N3O7. The Morgan fingerprint density at radius 1 is 1.46 bits per heavy atom. The van der Waals surface area contributed by atoms with Crippen LogP contribution in [0.1, 0.15) is 12.5 Å². The van der Waals surface area contributed by atoms with Gasteiger partial charge in [0.15, 0.2) is 23.9 Å². The molecule has 1 atom stereocenters. The predicted molar refractivity (Wildman–Crippen MR) is 86.7 cm³/mol. The molecule has 26 heavy (non-hydrogen) atoms. The first-order chi connectivity index (χ1) is 12.3. The molecule has 0 spiro atoms. The van der Waals surface area contributed by atoms with Gasteiger partial charge in [0, 0.05) is 11.8 Å². The van der Waals surface area contributed by atoms with Gasteiger partial charge in [-0.15, -0.1) is 0 Å². The summed E-state index contributed by atoms with van der Waals surface area (Å²) in [5.41, 5.74) is -0.355. The van der Waals surface area contributed by atoms with E-state index in [0.29, 0.717) is 5.75 Å². The number of rotatable bonds is 7. The molecule has 1 unspecified atom stereocenters. The Morgan fingerprint density at radius 2 is 2.12 bits per heavy atom. The lowest BCUT2D eigenvalue weighted by Crippen LogP contribution is -2.25. The molecule has 0 bridgehead atoms. The van der Waals surface area contributed by atoms with Crippen LogP contribution in [-0.4, -0.2) is 35.8 Å². The zero-order valence-corrected chi connectivity index (χ0v) is 13.6. The Bertz CT molecular complexity index is 854. The maximum atomic E-state index is 11.7. The number of carbonyl (C=O) groups excluding carboxylic acids is 2. The Hall–Kier alpha value is -3.74. The van der Waals surface area contributed by atoms with Gasteiger partial charge in [-0.25, -0.2) is 4.79 Å². The molecule has 1 aromatic carbocycles. The monoisotopic (exact) mass is 359 g/mol. The fourth-order valence-electron chi connectivity index (χ4n) is 2.08. The molecule has 0 aliphatic carbocycles. The van der Waals surface area contributed by atoms with Gasteiger partial charge >= 0.3 is 5.97 Å². The van der Waals surface area contributed by atoms with Gasteiger partial charge in [0.25, 0.3) is 5.69 Å². The van der Waals surface area contributed by atoms with Gasteiger partial charge in [0.05, 0.1) is 22.6 Å². The number of carbonyl (C=O) groups is 2. The summed E-state index contributed by atoms with van der Waals surface area (Å²) in [6.07, 6.45) is 2.06. The maximum Gasteiger partial charge on any atom is 0.331 e. The Kier molecular flexibility index (Phi) is 5.64. The second-order valence-electron chi connectivity index (χ2n) is 5.17. The first kappa shape index (κ1) is 18.6. The van der Waals surface area contributed by atoms with E-state index in [2.05, 4.69) is 0 Å². The molecule has 0 saturated heterocycles. The minimum atomic E-state index is -1.28. The summed E-state index contributed by atoms with van der Waals surface area (Å²) in [5, 5.41) is 27.2. The SMILES string of the molecule is CC(=N)C(C#N)C(=O)COC(=O)/C=C/c1cc2c(cc1[N+](=O)[O-])OCO2. The summed E-state index contributed by atoms with van der Waals surface area (Å²) in [4.78, 5) is 33.9. The van der Waals surface area contributed by atoms with Crippen molar-refractivity contribution in [3.63, 3.8) is 0 Å². The van der Waals surface area contributed by atoms with Crippen molar-refractivity contribution in [2.24, 2.45) is 5.92 Å². The second-order valence-corrected chi connectivity index (χ2v) is 5.17. The molecule has 1 aliphatic heterocycles. The Morgan fingerprint density at radius 3 is 2.69 bits per heavy atom. The summed E-state index contributed by atoms with van der Waals surface area (Å²) in [7, 11) is 0. The summed E-state index contributed by atoms with van der Waals surface area (Å²) >= 11 is 0. The van der Waals surface area contributed by atoms with Crippen molar-refractivity contribution in [3.05, 3.63) is 33.9 Å². The van der Waals surface area contributed by atoms with E-state index >= 15 is 0 Å². The molecule has 1 heterocycles. The van der Waals surface area contributed by atoms with E-state index in [1.807, 2.05) is 0 Å². The lowest BCUT2D eigenvalue weighted by molar-refractivity contribution is -0.385. The molecular weight excluding hydrogens is 346 g/mol. The van der Waals surface area contributed by atoms with Crippen molar-refractivity contribution in [2.75, 3.05) is 13.4 Å². The number of hydrogen-bond donors (Lipinski definition) is 1. The van der Waals surface area contributed by atoms with Crippen molar-refractivity contribution in [1.29, 1.82) is 10.7 Å². The number of ketones is 1. The molecule has 1 aliphatic rings. The molecule has 10 heteroatoms. The van der Waals surface area contributed by atoms with Crippen molar-refractivity contribution in [3.8, 4) is 17.6 Å². The molecule has 0 fully saturated rings. The van der Waals surface area contributed by atoms with Crippen LogP contribution in [-0.2, 0) is 14.3 Å². The highest BCUT2D eigenvalue weighted by Crippen LogP contribution is 2.38. The van der Waals surface area contributed by atoms with Crippen molar-refractivity contribution in [1.82, 2.24) is 0 Å². The molecule has 0 radical (unpaired) electrons. The third-order valence-electron chi connectivity index (χ3n) is 3.36. The third kappa shape index (κ3) is 4.21. The Balaban J connectivity index is 2.07. The van der Waals surface area contributed by atoms with Crippen LogP contribution >= 0.6 is 0 Å². The minimum Gasteiger partial charge on any atom is -0.454 e. The quantitative estimate of drug-likeness (QED) is 0.253. The van der Waals surface area contributed by atoms with E-state index in [1.54, 1.807) is 6.07 Å². The van der Waals surface area contributed by atoms with E-state index in [4.69, 9.17) is 24.9 Å². The van der Waals surface area contributed by atoms with Gasteiger partial charge in [-0.3, -0.25) is 14.9 Å². The van der Waals surface area contributed by atoms with Gasteiger partial charge in [-0.1, -0.05) is 0 Å². The van der Waals surface area contributed by atoms with Crippen molar-refractivity contribution < 1.29 is 28.7 Å². The number of Topliss-reactive ketones (excluding diaryl/α,β-unsaturated/α-hetero) is 1. The molecule has 0 amide bonds. The van der Waals surface area contributed by atoms with Crippen LogP contribution in [0.3, 0.4) is 0 Å². The summed E-state index contributed by atoms with van der Waals surface area (Å²) in [5.74, 6) is -2.40. The van der Waals surface area contributed by atoms with E-state index in [-0.39, 0.29) is 29.5 Å². The van der Waals surface area contributed by atoms with E-state index < -0.39 is 29.2 Å². The fraction of sp³-hybridized carbons (Fsp3) is 0.250. The zero-order chi connectivity index (χ0) is 19.3. The zero-order valence-electron chi connectivity index (χ0n) is 13.6. The summed E-state index contributed by atoms with van der Waals surface area (Å²) < 4.78 is 14.9. The number of ether oxygens (including phenoxy) is 3. The highest BCUT2D eigenvalue weighted by atomic mass is 16.7. The number of nitriles is 1. The fourth-order valence-corrected chi connectivity index (χ4v) is 2.08. The summed E-state index contributed by atoms with van der Waals surface area (Å²) in [6, 6.07) is 4.17. The number of nitrogens with zero attached hydrogens (tertiary/aromatic N) is 2. The van der Waals surface area contributed by atoms with Gasteiger partial charge in [0.2, 0.25) is 6.79 Å². The molecule has 10 nitrogen and oxygen atoms in total. The average molecular weight is 359 g/mol. The highest BCUT2D eigenvalue weighted by molar-refractivity contribution is 6.06. The standard InChI is InChI=1S/C16H13N3O7/c1-9(18)11(6-17)13(20)7-24-16(21)3-2-10-4-14-15(26-8-25-14)5-12(10)19(22)23/h2-5,11,18H,7-8H2,1H3/b3-2+,18-9?. The van der Waals surface area contributed by atoms with Crippen LogP contribution in [0.25, 0.3) is 6.08 Å². The number of esters is 1. The molecule has 1 aromatic rings. The highest BCUT2D eigenvalue weighted by Gasteiger charge is 2.23. The van der Waals surface area contributed by atoms with Gasteiger partial charge in [-0.2, -0.15) is 5.26 Å². The number of nitrogens with one attached hydrogen (secondary N) is 1. The van der Waals surface area contributed by atoms with E-state index in [1.165, 1.54) is 19.1 Å². The number of hydrogen-bond acceptors (Lipinski definition) is 9. The van der Waals surface area contributed by atoms with Crippen molar-refractivity contribution in [2.45, 2.75) is 6.92 Å². The van der Waals surface area contributed by atoms with E-state index in [0.717, 1.165) is 12.2 Å². The van der Waals surface area contributed by atoms with Crippen LogP contribution < -0.4 is 9.47 Å². The summed E-state index contributed by atoms with van der Waals surface area (Å²) in [6.45, 7) is 0.559.